The van der Waals surface area contributed by atoms with Gasteiger partial charge in [-0.05, 0) is 29.9 Å². The van der Waals surface area contributed by atoms with Gasteiger partial charge in [0, 0.05) is 38.8 Å². The van der Waals surface area contributed by atoms with Gasteiger partial charge in [-0.15, -0.1) is 0 Å². The van der Waals surface area contributed by atoms with E-state index in [0.29, 0.717) is 44.0 Å². The molecule has 0 saturated carbocycles. The Balaban J connectivity index is 1.45. The minimum atomic E-state index is 0.475. The largest absolute Gasteiger partial charge is 0.497 e. The fraction of sp³-hybridized carbons (Fsp3) is 0.476. The first-order valence-electron chi connectivity index (χ1n) is 10.4. The molecule has 166 valence electrons. The van der Waals surface area contributed by atoms with E-state index in [1.807, 2.05) is 30.3 Å². The average molecular weight is 445 g/mol. The van der Waals surface area contributed by atoms with Gasteiger partial charge in [0.15, 0.2) is 5.11 Å². The maximum absolute atomic E-state index is 5.49. The number of nitrogens with zero attached hydrogens (tertiary/aromatic N) is 4. The maximum Gasteiger partial charge on any atom is 0.232 e. The second-order valence-corrected chi connectivity index (χ2v) is 7.67. The molecule has 0 bridgehead atoms. The van der Waals surface area contributed by atoms with E-state index in [1.165, 1.54) is 0 Å². The van der Waals surface area contributed by atoms with Crippen molar-refractivity contribution in [3.05, 3.63) is 35.9 Å². The van der Waals surface area contributed by atoms with Crippen molar-refractivity contribution in [2.75, 3.05) is 74.8 Å². The number of morpholine rings is 2. The lowest BCUT2D eigenvalue weighted by Crippen LogP contribution is -2.39. The summed E-state index contributed by atoms with van der Waals surface area (Å²) in [6.45, 7) is 6.60. The normalized spacial score (nSPS) is 16.7. The molecule has 0 unspecified atom stereocenters. The van der Waals surface area contributed by atoms with Crippen molar-refractivity contribution < 1.29 is 14.2 Å². The van der Waals surface area contributed by atoms with Crippen LogP contribution in [0.15, 0.2) is 30.3 Å². The fourth-order valence-electron chi connectivity index (χ4n) is 3.46. The summed E-state index contributed by atoms with van der Waals surface area (Å²) in [5.74, 6) is 3.06. The topological polar surface area (TPSA) is 84.0 Å². The van der Waals surface area contributed by atoms with E-state index in [0.717, 1.165) is 49.1 Å². The lowest BCUT2D eigenvalue weighted by Gasteiger charge is -2.31. The monoisotopic (exact) mass is 444 g/mol. The van der Waals surface area contributed by atoms with E-state index in [4.69, 9.17) is 36.4 Å². The number of thiocarbonyl (C=S) groups is 1. The molecule has 3 heterocycles. The lowest BCUT2D eigenvalue weighted by molar-refractivity contribution is 0.122. The molecular weight excluding hydrogens is 416 g/mol. The molecule has 1 aromatic heterocycles. The highest BCUT2D eigenvalue weighted by Gasteiger charge is 2.19. The summed E-state index contributed by atoms with van der Waals surface area (Å²) in [6, 6.07) is 9.89. The number of ether oxygens (including phenoxy) is 3. The zero-order chi connectivity index (χ0) is 21.5. The van der Waals surface area contributed by atoms with E-state index in [2.05, 4.69) is 20.4 Å². The van der Waals surface area contributed by atoms with Crippen LogP contribution in [-0.2, 0) is 16.0 Å². The number of methoxy groups -OCH3 is 1. The van der Waals surface area contributed by atoms with Crippen molar-refractivity contribution in [2.24, 2.45) is 0 Å². The third-order valence-electron chi connectivity index (χ3n) is 5.21. The minimum absolute atomic E-state index is 0.475. The van der Waals surface area contributed by atoms with E-state index < -0.39 is 0 Å². The molecule has 2 aliphatic heterocycles. The number of anilines is 3. The molecule has 9 nitrogen and oxygen atoms in total. The van der Waals surface area contributed by atoms with Gasteiger partial charge in [-0.3, -0.25) is 0 Å². The van der Waals surface area contributed by atoms with Gasteiger partial charge in [-0.2, -0.15) is 9.97 Å². The van der Waals surface area contributed by atoms with Crippen LogP contribution in [0.25, 0.3) is 0 Å². The van der Waals surface area contributed by atoms with Crippen molar-refractivity contribution in [1.82, 2.24) is 15.3 Å². The quantitative estimate of drug-likeness (QED) is 0.642. The molecule has 0 atom stereocenters. The van der Waals surface area contributed by atoms with Crippen molar-refractivity contribution >= 4 is 34.9 Å². The molecule has 1 aromatic carbocycles. The van der Waals surface area contributed by atoms with Crippen LogP contribution in [0, 0.1) is 0 Å². The molecule has 2 N–H and O–H groups in total. The van der Waals surface area contributed by atoms with Crippen molar-refractivity contribution in [1.29, 1.82) is 0 Å². The van der Waals surface area contributed by atoms with Crippen LogP contribution in [0.2, 0.25) is 0 Å². The predicted octanol–water partition coefficient (Wildman–Crippen LogP) is 1.64. The first kappa shape index (κ1) is 21.5. The second-order valence-electron chi connectivity index (χ2n) is 7.26. The molecular formula is C21H28N6O3S. The third-order valence-corrected chi connectivity index (χ3v) is 5.45. The zero-order valence-corrected chi connectivity index (χ0v) is 18.5. The van der Waals surface area contributed by atoms with E-state index in [9.17, 15) is 0 Å². The Morgan fingerprint density at radius 3 is 2.03 bits per heavy atom. The minimum Gasteiger partial charge on any atom is -0.497 e. The van der Waals surface area contributed by atoms with Gasteiger partial charge < -0.3 is 34.6 Å². The van der Waals surface area contributed by atoms with Crippen LogP contribution < -0.4 is 25.2 Å². The van der Waals surface area contributed by atoms with Crippen LogP contribution in [0.3, 0.4) is 0 Å². The summed E-state index contributed by atoms with van der Waals surface area (Å²) in [5.41, 5.74) is 1.10. The van der Waals surface area contributed by atoms with Gasteiger partial charge in [-0.1, -0.05) is 12.1 Å². The number of aromatic nitrogens is 2. The first-order valence-corrected chi connectivity index (χ1v) is 10.8. The van der Waals surface area contributed by atoms with Crippen LogP contribution in [0.5, 0.6) is 5.75 Å². The van der Waals surface area contributed by atoms with Crippen LogP contribution >= 0.6 is 12.2 Å². The highest BCUT2D eigenvalue weighted by molar-refractivity contribution is 7.80. The SMILES string of the molecule is COc1ccc(CNC(=S)Nc2nc(N3CCOCC3)cc(N3CCOCC3)n2)cc1. The number of nitrogens with one attached hydrogen (secondary N) is 2. The standard InChI is InChI=1S/C21H28N6O3S/c1-28-17-4-2-16(3-5-17)15-22-21(31)25-20-23-18(26-6-10-29-11-7-26)14-19(24-20)27-8-12-30-13-9-27/h2-5,14H,6-13,15H2,1H3,(H2,22,23,24,25,31). The summed E-state index contributed by atoms with van der Waals surface area (Å²) in [6.07, 6.45) is 0. The van der Waals surface area contributed by atoms with E-state index in [1.54, 1.807) is 7.11 Å². The highest BCUT2D eigenvalue weighted by Crippen LogP contribution is 2.23. The van der Waals surface area contributed by atoms with Crippen LogP contribution in [0.1, 0.15) is 5.56 Å². The van der Waals surface area contributed by atoms with Crippen molar-refractivity contribution in [3.63, 3.8) is 0 Å². The Morgan fingerprint density at radius 2 is 1.52 bits per heavy atom. The lowest BCUT2D eigenvalue weighted by atomic mass is 10.2. The summed E-state index contributed by atoms with van der Waals surface area (Å²) in [5, 5.41) is 6.84. The predicted molar refractivity (Wildman–Crippen MR) is 124 cm³/mol. The number of benzene rings is 1. The van der Waals surface area contributed by atoms with Crippen LogP contribution in [-0.4, -0.2) is 74.8 Å². The zero-order valence-electron chi connectivity index (χ0n) is 17.7. The third kappa shape index (κ3) is 5.93. The molecule has 2 aliphatic rings. The maximum atomic E-state index is 5.49. The Kier molecular flexibility index (Phi) is 7.34. The highest BCUT2D eigenvalue weighted by atomic mass is 32.1. The molecule has 0 radical (unpaired) electrons. The first-order chi connectivity index (χ1) is 15.2. The second kappa shape index (κ2) is 10.6. The van der Waals surface area contributed by atoms with Gasteiger partial charge >= 0.3 is 0 Å². The van der Waals surface area contributed by atoms with Gasteiger partial charge in [0.2, 0.25) is 5.95 Å². The molecule has 2 aromatic rings. The van der Waals surface area contributed by atoms with Gasteiger partial charge in [0.1, 0.15) is 17.4 Å². The van der Waals surface area contributed by atoms with Gasteiger partial charge in [-0.25, -0.2) is 0 Å². The van der Waals surface area contributed by atoms with Crippen molar-refractivity contribution in [2.45, 2.75) is 6.54 Å². The molecule has 10 heteroatoms. The Labute approximate surface area is 187 Å². The number of hydrogen-bond acceptors (Lipinski definition) is 8. The van der Waals surface area contributed by atoms with Gasteiger partial charge in [0.25, 0.3) is 0 Å². The summed E-state index contributed by atoms with van der Waals surface area (Å²) in [7, 11) is 1.66. The van der Waals surface area contributed by atoms with Crippen LogP contribution in [0.4, 0.5) is 17.6 Å². The molecule has 0 aliphatic carbocycles. The van der Waals surface area contributed by atoms with Gasteiger partial charge in [0.05, 0.1) is 33.5 Å². The van der Waals surface area contributed by atoms with E-state index in [-0.39, 0.29) is 0 Å². The summed E-state index contributed by atoms with van der Waals surface area (Å²) < 4.78 is 16.2. The summed E-state index contributed by atoms with van der Waals surface area (Å²) >= 11 is 5.49. The smallest absolute Gasteiger partial charge is 0.232 e. The Hall–Kier alpha value is -2.69. The Bertz CT molecular complexity index is 834. The molecule has 4 rings (SSSR count). The molecule has 2 saturated heterocycles. The fourth-order valence-corrected chi connectivity index (χ4v) is 3.62. The van der Waals surface area contributed by atoms with E-state index >= 15 is 0 Å². The molecule has 31 heavy (non-hydrogen) atoms. The molecule has 0 amide bonds. The molecule has 2 fully saturated rings. The number of rotatable bonds is 6. The number of hydrogen-bond donors (Lipinski definition) is 2. The van der Waals surface area contributed by atoms with Crippen molar-refractivity contribution in [3.8, 4) is 5.75 Å². The summed E-state index contributed by atoms with van der Waals surface area (Å²) in [4.78, 5) is 13.9. The average Bonchev–Trinajstić information content (AvgIpc) is 2.84. The molecule has 0 spiro atoms. The Morgan fingerprint density at radius 1 is 0.968 bits per heavy atom.